The molecule has 4 heteroatoms. The molecule has 0 bridgehead atoms. The number of aliphatic hydroxyl groups is 1. The number of hydrogen-bond donors (Lipinski definition) is 1. The number of carbonyl (C=O) groups is 1. The third kappa shape index (κ3) is 4.19. The van der Waals surface area contributed by atoms with Crippen molar-refractivity contribution in [2.24, 2.45) is 0 Å². The van der Waals surface area contributed by atoms with Crippen LogP contribution in [-0.4, -0.2) is 53.1 Å². The van der Waals surface area contributed by atoms with Crippen molar-refractivity contribution in [2.75, 3.05) is 19.6 Å². The van der Waals surface area contributed by atoms with Crippen molar-refractivity contribution in [2.45, 2.75) is 51.4 Å². The number of fused-ring (bicyclic) bond motifs is 1. The molecular weight excluding hydrogens is 348 g/mol. The summed E-state index contributed by atoms with van der Waals surface area (Å²) in [6.07, 6.45) is 4.26. The molecule has 4 nitrogen and oxygen atoms in total. The van der Waals surface area contributed by atoms with Crippen molar-refractivity contribution < 1.29 is 9.90 Å². The minimum atomic E-state index is -0.996. The zero-order chi connectivity index (χ0) is 19.5. The summed E-state index contributed by atoms with van der Waals surface area (Å²) in [6, 6.07) is 16.3. The van der Waals surface area contributed by atoms with Crippen molar-refractivity contribution >= 4 is 6.29 Å². The molecule has 2 unspecified atom stereocenters. The molecule has 0 aromatic heterocycles. The summed E-state index contributed by atoms with van der Waals surface area (Å²) in [7, 11) is 0. The van der Waals surface area contributed by atoms with Crippen LogP contribution < -0.4 is 0 Å². The zero-order valence-electron chi connectivity index (χ0n) is 16.7. The smallest absolute Gasteiger partial charge is 0.164 e. The number of nitrogens with zero attached hydrogens (tertiary/aromatic N) is 2. The van der Waals surface area contributed by atoms with Crippen molar-refractivity contribution in [3.63, 3.8) is 0 Å². The maximum Gasteiger partial charge on any atom is 0.164 e. The van der Waals surface area contributed by atoms with E-state index in [1.54, 1.807) is 0 Å². The van der Waals surface area contributed by atoms with Crippen LogP contribution in [0.3, 0.4) is 0 Å². The number of aldehydes is 1. The molecule has 2 aromatic carbocycles. The molecule has 28 heavy (non-hydrogen) atoms. The van der Waals surface area contributed by atoms with E-state index >= 15 is 0 Å². The second-order valence-electron chi connectivity index (χ2n) is 8.23. The summed E-state index contributed by atoms with van der Waals surface area (Å²) < 4.78 is 0. The monoisotopic (exact) mass is 378 g/mol. The average Bonchev–Trinajstić information content (AvgIpc) is 3.16. The second-order valence-corrected chi connectivity index (χ2v) is 8.23. The average molecular weight is 379 g/mol. The molecule has 1 fully saturated rings. The quantitative estimate of drug-likeness (QED) is 0.784. The number of carbonyl (C=O) groups excluding carboxylic acids is 1. The van der Waals surface area contributed by atoms with Crippen LogP contribution in [0, 0.1) is 0 Å². The van der Waals surface area contributed by atoms with Crippen molar-refractivity contribution in [3.05, 3.63) is 59.2 Å². The molecule has 0 spiro atoms. The summed E-state index contributed by atoms with van der Waals surface area (Å²) in [5, 5.41) is 9.75. The van der Waals surface area contributed by atoms with Gasteiger partial charge in [-0.2, -0.15) is 0 Å². The Balaban J connectivity index is 1.41. The maximum absolute atomic E-state index is 10.8. The topological polar surface area (TPSA) is 43.8 Å². The number of hydrogen-bond acceptors (Lipinski definition) is 4. The van der Waals surface area contributed by atoms with Gasteiger partial charge in [-0.3, -0.25) is 9.69 Å². The van der Waals surface area contributed by atoms with E-state index in [1.165, 1.54) is 47.2 Å². The first kappa shape index (κ1) is 19.3. The Kier molecular flexibility index (Phi) is 5.90. The molecule has 4 rings (SSSR count). The van der Waals surface area contributed by atoms with E-state index in [4.69, 9.17) is 0 Å². The highest BCUT2D eigenvalue weighted by molar-refractivity contribution is 5.65. The van der Waals surface area contributed by atoms with E-state index in [0.717, 1.165) is 25.4 Å². The fourth-order valence-corrected chi connectivity index (χ4v) is 4.53. The van der Waals surface area contributed by atoms with Gasteiger partial charge in [0.1, 0.15) is 0 Å². The van der Waals surface area contributed by atoms with Gasteiger partial charge in [0.25, 0.3) is 0 Å². The number of rotatable bonds is 6. The molecule has 0 aliphatic carbocycles. The number of likely N-dealkylation sites (tertiary alicyclic amines) is 1. The minimum absolute atomic E-state index is 0.602. The predicted octanol–water partition coefficient (Wildman–Crippen LogP) is 3.26. The summed E-state index contributed by atoms with van der Waals surface area (Å²) in [6.45, 7) is 6.08. The standard InChI is InChI=1S/C24H30N2O2/c1-18-3-2-12-25(18)13-10-19-4-6-20(7-5-19)21-8-9-23-16-26(24(28)17-27)14-11-22(23)15-21/h4-9,15,17-18,24,28H,2-3,10-14,16H2,1H3. The highest BCUT2D eigenvalue weighted by Crippen LogP contribution is 2.27. The molecule has 2 heterocycles. The van der Waals surface area contributed by atoms with E-state index in [0.29, 0.717) is 19.4 Å². The second kappa shape index (κ2) is 8.56. The summed E-state index contributed by atoms with van der Waals surface area (Å²) in [4.78, 5) is 15.2. The van der Waals surface area contributed by atoms with Gasteiger partial charge in [0.15, 0.2) is 12.5 Å². The van der Waals surface area contributed by atoms with E-state index in [1.807, 2.05) is 4.90 Å². The largest absolute Gasteiger partial charge is 0.371 e. The van der Waals surface area contributed by atoms with Gasteiger partial charge in [0.2, 0.25) is 0 Å². The SMILES string of the molecule is CC1CCCN1CCc1ccc(-c2ccc3c(c2)CCN(C(O)C=O)C3)cc1. The molecule has 148 valence electrons. The predicted molar refractivity (Wildman–Crippen MR) is 112 cm³/mol. The van der Waals surface area contributed by atoms with Gasteiger partial charge in [-0.1, -0.05) is 42.5 Å². The lowest BCUT2D eigenvalue weighted by molar-refractivity contribution is -0.124. The van der Waals surface area contributed by atoms with E-state index in [9.17, 15) is 9.90 Å². The normalized spacial score (nSPS) is 21.4. The van der Waals surface area contributed by atoms with Crippen LogP contribution in [0.5, 0.6) is 0 Å². The van der Waals surface area contributed by atoms with Crippen molar-refractivity contribution in [1.82, 2.24) is 9.80 Å². The van der Waals surface area contributed by atoms with Gasteiger partial charge in [-0.25, -0.2) is 0 Å². The van der Waals surface area contributed by atoms with Crippen LogP contribution in [0.25, 0.3) is 11.1 Å². The number of benzene rings is 2. The molecule has 0 saturated carbocycles. The van der Waals surface area contributed by atoms with Crippen LogP contribution in [0.1, 0.15) is 36.5 Å². The molecule has 2 aromatic rings. The third-order valence-electron chi connectivity index (χ3n) is 6.41. The lowest BCUT2D eigenvalue weighted by atomic mass is 9.94. The maximum atomic E-state index is 10.8. The fourth-order valence-electron chi connectivity index (χ4n) is 4.53. The Labute approximate surface area is 167 Å². The van der Waals surface area contributed by atoms with Gasteiger partial charge >= 0.3 is 0 Å². The molecule has 0 amide bonds. The van der Waals surface area contributed by atoms with Crippen LogP contribution >= 0.6 is 0 Å². The first-order chi connectivity index (χ1) is 13.6. The Morgan fingerprint density at radius 2 is 1.89 bits per heavy atom. The number of aliphatic hydroxyl groups excluding tert-OH is 1. The first-order valence-corrected chi connectivity index (χ1v) is 10.5. The van der Waals surface area contributed by atoms with Gasteiger partial charge in [-0.15, -0.1) is 0 Å². The van der Waals surface area contributed by atoms with Gasteiger partial charge < -0.3 is 10.0 Å². The zero-order valence-corrected chi connectivity index (χ0v) is 16.7. The first-order valence-electron chi connectivity index (χ1n) is 10.5. The van der Waals surface area contributed by atoms with E-state index in [2.05, 4.69) is 54.3 Å². The molecule has 0 radical (unpaired) electrons. The Morgan fingerprint density at radius 1 is 1.11 bits per heavy atom. The van der Waals surface area contributed by atoms with Crippen LogP contribution in [0.2, 0.25) is 0 Å². The molecule has 2 aliphatic heterocycles. The molecule has 2 atom stereocenters. The summed E-state index contributed by atoms with van der Waals surface area (Å²) in [5.41, 5.74) is 6.41. The van der Waals surface area contributed by atoms with E-state index < -0.39 is 6.23 Å². The lowest BCUT2D eigenvalue weighted by Crippen LogP contribution is -2.40. The van der Waals surface area contributed by atoms with Gasteiger partial charge in [-0.05, 0) is 67.0 Å². The molecule has 1 saturated heterocycles. The molecule has 2 aliphatic rings. The Bertz CT molecular complexity index is 818. The van der Waals surface area contributed by atoms with Crippen LogP contribution in [-0.2, 0) is 24.2 Å². The van der Waals surface area contributed by atoms with Gasteiger partial charge in [0, 0.05) is 25.7 Å². The van der Waals surface area contributed by atoms with Crippen molar-refractivity contribution in [1.29, 1.82) is 0 Å². The Morgan fingerprint density at radius 3 is 2.61 bits per heavy atom. The Hall–Kier alpha value is -2.01. The van der Waals surface area contributed by atoms with Crippen LogP contribution in [0.4, 0.5) is 0 Å². The lowest BCUT2D eigenvalue weighted by Gasteiger charge is -2.30. The third-order valence-corrected chi connectivity index (χ3v) is 6.41. The fraction of sp³-hybridized carbons (Fsp3) is 0.458. The summed E-state index contributed by atoms with van der Waals surface area (Å²) >= 11 is 0. The van der Waals surface area contributed by atoms with Crippen LogP contribution in [0.15, 0.2) is 42.5 Å². The highest BCUT2D eigenvalue weighted by Gasteiger charge is 2.22. The molecular formula is C24H30N2O2. The van der Waals surface area contributed by atoms with E-state index in [-0.39, 0.29) is 0 Å². The highest BCUT2D eigenvalue weighted by atomic mass is 16.3. The van der Waals surface area contributed by atoms with Crippen molar-refractivity contribution in [3.8, 4) is 11.1 Å². The van der Waals surface area contributed by atoms with Gasteiger partial charge in [0.05, 0.1) is 0 Å². The summed E-state index contributed by atoms with van der Waals surface area (Å²) in [5.74, 6) is 0. The minimum Gasteiger partial charge on any atom is -0.371 e. The molecule has 1 N–H and O–H groups in total.